The van der Waals surface area contributed by atoms with E-state index in [4.69, 9.17) is 10.3 Å². The average molecular weight is 277 g/mol. The van der Waals surface area contributed by atoms with E-state index in [0.29, 0.717) is 11.6 Å². The second-order valence-electron chi connectivity index (χ2n) is 3.85. The Morgan fingerprint density at radius 2 is 2.22 bits per heavy atom. The van der Waals surface area contributed by atoms with Crippen LogP contribution < -0.4 is 11.1 Å². The summed E-state index contributed by atoms with van der Waals surface area (Å²) in [6.45, 7) is 3.21. The molecule has 102 valence electrons. The largest absolute Gasteiger partial charge is 0.360 e. The van der Waals surface area contributed by atoms with Crippen LogP contribution in [0, 0.1) is 6.92 Å². The van der Waals surface area contributed by atoms with Crippen LogP contribution in [0.1, 0.15) is 12.7 Å². The van der Waals surface area contributed by atoms with E-state index in [9.17, 15) is 9.59 Å². The number of carbonyl (C=O) groups excluding carboxylic acids is 2. The summed E-state index contributed by atoms with van der Waals surface area (Å²) < 4.78 is 4.79. The molecule has 1 rings (SSSR count). The molecule has 7 nitrogen and oxygen atoms in total. The minimum atomic E-state index is -0.623. The molecule has 18 heavy (non-hydrogen) atoms. The molecule has 3 N–H and O–H groups in total. The summed E-state index contributed by atoms with van der Waals surface area (Å²) in [5.41, 5.74) is 5.42. The van der Waals surface area contributed by atoms with Crippen LogP contribution in [0.2, 0.25) is 0 Å². The first-order valence-electron chi connectivity index (χ1n) is 5.14. The van der Waals surface area contributed by atoms with E-state index in [1.807, 2.05) is 0 Å². The topological polar surface area (TPSA) is 101 Å². The number of rotatable bonds is 4. The Hall–Kier alpha value is -1.60. The lowest BCUT2D eigenvalue weighted by atomic mass is 10.3. The zero-order valence-electron chi connectivity index (χ0n) is 10.5. The van der Waals surface area contributed by atoms with Gasteiger partial charge in [0.1, 0.15) is 5.76 Å². The third-order valence-electron chi connectivity index (χ3n) is 2.04. The Morgan fingerprint density at radius 1 is 1.61 bits per heavy atom. The first-order chi connectivity index (χ1) is 7.90. The van der Waals surface area contributed by atoms with Crippen LogP contribution in [0.5, 0.6) is 0 Å². The van der Waals surface area contributed by atoms with Crippen LogP contribution in [-0.4, -0.2) is 41.5 Å². The minimum absolute atomic E-state index is 0. The summed E-state index contributed by atoms with van der Waals surface area (Å²) in [5.74, 6) is 0.278. The van der Waals surface area contributed by atoms with Gasteiger partial charge in [0.25, 0.3) is 0 Å². The van der Waals surface area contributed by atoms with Gasteiger partial charge in [0, 0.05) is 13.1 Å². The third kappa shape index (κ3) is 4.72. The number of halogens is 1. The van der Waals surface area contributed by atoms with Crippen LogP contribution >= 0.6 is 12.4 Å². The van der Waals surface area contributed by atoms with Crippen molar-refractivity contribution in [3.05, 3.63) is 11.8 Å². The Kier molecular flexibility index (Phi) is 6.35. The van der Waals surface area contributed by atoms with E-state index >= 15 is 0 Å². The quantitative estimate of drug-likeness (QED) is 0.815. The second kappa shape index (κ2) is 6.97. The molecule has 0 aliphatic heterocycles. The summed E-state index contributed by atoms with van der Waals surface area (Å²) in [6, 6.07) is 0.966. The molecule has 0 spiro atoms. The molecule has 0 bridgehead atoms. The highest BCUT2D eigenvalue weighted by Gasteiger charge is 2.16. The van der Waals surface area contributed by atoms with Crippen molar-refractivity contribution < 1.29 is 14.1 Å². The maximum atomic E-state index is 11.5. The number of nitrogens with zero attached hydrogens (tertiary/aromatic N) is 2. The van der Waals surface area contributed by atoms with Crippen molar-refractivity contribution in [1.29, 1.82) is 0 Å². The van der Waals surface area contributed by atoms with Crippen LogP contribution in [0.4, 0.5) is 5.82 Å². The van der Waals surface area contributed by atoms with Crippen molar-refractivity contribution in [1.82, 2.24) is 10.1 Å². The SMILES string of the molecule is Cc1cc(NC(=O)CN(C)C(=O)[C@@H](C)N)no1.Cl. The van der Waals surface area contributed by atoms with E-state index < -0.39 is 6.04 Å². The molecule has 2 amide bonds. The molecular formula is C10H17ClN4O3. The molecule has 0 saturated carbocycles. The molecule has 8 heteroatoms. The highest BCUT2D eigenvalue weighted by molar-refractivity contribution is 5.94. The Bertz CT molecular complexity index is 419. The lowest BCUT2D eigenvalue weighted by Crippen LogP contribution is -2.43. The van der Waals surface area contributed by atoms with Gasteiger partial charge in [-0.05, 0) is 13.8 Å². The summed E-state index contributed by atoms with van der Waals surface area (Å²) >= 11 is 0. The highest BCUT2D eigenvalue weighted by Crippen LogP contribution is 2.06. The number of aryl methyl sites for hydroxylation is 1. The van der Waals surface area contributed by atoms with Gasteiger partial charge in [-0.3, -0.25) is 9.59 Å². The fraction of sp³-hybridized carbons (Fsp3) is 0.500. The molecule has 0 saturated heterocycles. The van der Waals surface area contributed by atoms with Crippen LogP contribution in [0.15, 0.2) is 10.6 Å². The second-order valence-corrected chi connectivity index (χ2v) is 3.85. The molecule has 0 aliphatic carbocycles. The molecule has 0 aromatic carbocycles. The van der Waals surface area contributed by atoms with E-state index in [-0.39, 0.29) is 30.8 Å². The van der Waals surface area contributed by atoms with E-state index in [1.54, 1.807) is 19.9 Å². The van der Waals surface area contributed by atoms with Gasteiger partial charge in [-0.2, -0.15) is 0 Å². The standard InChI is InChI=1S/C10H16N4O3.ClH/c1-6-4-8(13-17-6)12-9(15)5-14(3)10(16)7(2)11;/h4,7H,5,11H2,1-3H3,(H,12,13,15);1H/t7-;/m1./s1. The summed E-state index contributed by atoms with van der Waals surface area (Å²) in [6.07, 6.45) is 0. The molecule has 0 unspecified atom stereocenters. The van der Waals surface area contributed by atoms with E-state index in [1.165, 1.54) is 11.9 Å². The number of nitrogens with one attached hydrogen (secondary N) is 1. The molecule has 1 aromatic heterocycles. The maximum absolute atomic E-state index is 11.5. The van der Waals surface area contributed by atoms with Gasteiger partial charge in [0.05, 0.1) is 12.6 Å². The third-order valence-corrected chi connectivity index (χ3v) is 2.04. The van der Waals surface area contributed by atoms with Gasteiger partial charge in [0.15, 0.2) is 5.82 Å². The maximum Gasteiger partial charge on any atom is 0.245 e. The highest BCUT2D eigenvalue weighted by atomic mass is 35.5. The van der Waals surface area contributed by atoms with Crippen molar-refractivity contribution in [2.45, 2.75) is 19.9 Å². The molecule has 0 aliphatic rings. The normalized spacial score (nSPS) is 11.3. The Morgan fingerprint density at radius 3 is 2.67 bits per heavy atom. The molecule has 0 radical (unpaired) electrons. The van der Waals surface area contributed by atoms with Gasteiger partial charge < -0.3 is 20.5 Å². The monoisotopic (exact) mass is 276 g/mol. The van der Waals surface area contributed by atoms with Crippen LogP contribution in [-0.2, 0) is 9.59 Å². The fourth-order valence-electron chi connectivity index (χ4n) is 1.25. The Balaban J connectivity index is 0.00000289. The zero-order valence-corrected chi connectivity index (χ0v) is 11.3. The van der Waals surface area contributed by atoms with Crippen LogP contribution in [0.3, 0.4) is 0 Å². The summed E-state index contributed by atoms with van der Waals surface area (Å²) in [5, 5.41) is 6.12. The van der Waals surface area contributed by atoms with Crippen molar-refractivity contribution in [3.8, 4) is 0 Å². The smallest absolute Gasteiger partial charge is 0.245 e. The minimum Gasteiger partial charge on any atom is -0.360 e. The van der Waals surface area contributed by atoms with Crippen molar-refractivity contribution >= 4 is 30.0 Å². The lowest BCUT2D eigenvalue weighted by molar-refractivity contribution is -0.134. The number of carbonyl (C=O) groups is 2. The van der Waals surface area contributed by atoms with E-state index in [2.05, 4.69) is 10.5 Å². The van der Waals surface area contributed by atoms with Gasteiger partial charge in [0.2, 0.25) is 11.8 Å². The van der Waals surface area contributed by atoms with Crippen molar-refractivity contribution in [2.75, 3.05) is 18.9 Å². The summed E-state index contributed by atoms with van der Waals surface area (Å²) in [4.78, 5) is 24.2. The predicted molar refractivity (Wildman–Crippen MR) is 68.4 cm³/mol. The van der Waals surface area contributed by atoms with Gasteiger partial charge in [-0.15, -0.1) is 12.4 Å². The van der Waals surface area contributed by atoms with Crippen LogP contribution in [0.25, 0.3) is 0 Å². The summed E-state index contributed by atoms with van der Waals surface area (Å²) in [7, 11) is 1.51. The molecule has 1 aromatic rings. The lowest BCUT2D eigenvalue weighted by Gasteiger charge is -2.18. The fourth-order valence-corrected chi connectivity index (χ4v) is 1.25. The first-order valence-corrected chi connectivity index (χ1v) is 5.14. The zero-order chi connectivity index (χ0) is 13.0. The number of hydrogen-bond acceptors (Lipinski definition) is 5. The van der Waals surface area contributed by atoms with Gasteiger partial charge >= 0.3 is 0 Å². The average Bonchev–Trinajstić information content (AvgIpc) is 2.62. The molecule has 1 heterocycles. The van der Waals surface area contributed by atoms with Crippen molar-refractivity contribution in [2.24, 2.45) is 5.73 Å². The van der Waals surface area contributed by atoms with Gasteiger partial charge in [-0.1, -0.05) is 5.16 Å². The Labute approximate surface area is 111 Å². The number of amides is 2. The number of hydrogen-bond donors (Lipinski definition) is 2. The molecule has 1 atom stereocenters. The number of anilines is 1. The molecule has 0 fully saturated rings. The predicted octanol–water partition coefficient (Wildman–Crippen LogP) is 0.149. The number of nitrogens with two attached hydrogens (primary N) is 1. The number of likely N-dealkylation sites (N-methyl/N-ethyl adjacent to an activating group) is 1. The van der Waals surface area contributed by atoms with Crippen molar-refractivity contribution in [3.63, 3.8) is 0 Å². The first kappa shape index (κ1) is 16.4. The molecular weight excluding hydrogens is 260 g/mol. The van der Waals surface area contributed by atoms with E-state index in [0.717, 1.165) is 0 Å². The number of aromatic nitrogens is 1. The van der Waals surface area contributed by atoms with Gasteiger partial charge in [-0.25, -0.2) is 0 Å².